The summed E-state index contributed by atoms with van der Waals surface area (Å²) in [5.41, 5.74) is 3.02. The van der Waals surface area contributed by atoms with Crippen molar-refractivity contribution in [3.8, 4) is 5.75 Å². The van der Waals surface area contributed by atoms with E-state index in [0.717, 1.165) is 12.1 Å². The predicted octanol–water partition coefficient (Wildman–Crippen LogP) is 1.16. The molecule has 0 bridgehead atoms. The largest absolute Gasteiger partial charge is 0.493 e. The highest BCUT2D eigenvalue weighted by molar-refractivity contribution is 5.49. The van der Waals surface area contributed by atoms with Gasteiger partial charge in [0.2, 0.25) is 0 Å². The molecular weight excluding hydrogens is 262 g/mol. The zero-order valence-electron chi connectivity index (χ0n) is 9.81. The summed E-state index contributed by atoms with van der Waals surface area (Å²) in [6.45, 7) is -1.48. The lowest BCUT2D eigenvalue weighted by molar-refractivity contribution is -0.385. The number of benzene rings is 1. The van der Waals surface area contributed by atoms with Gasteiger partial charge in [-0.3, -0.25) is 10.1 Å². The van der Waals surface area contributed by atoms with E-state index in [1.807, 2.05) is 0 Å². The fraction of sp³-hybridized carbons (Fsp3) is 0.455. The van der Waals surface area contributed by atoms with Crippen LogP contribution in [0.2, 0.25) is 0 Å². The van der Waals surface area contributed by atoms with Crippen molar-refractivity contribution in [2.75, 3.05) is 13.2 Å². The normalized spacial score (nSPS) is 22.5. The van der Waals surface area contributed by atoms with Crippen LogP contribution in [-0.4, -0.2) is 29.2 Å². The number of nitro groups is 1. The number of alkyl halides is 2. The Morgan fingerprint density at radius 2 is 2.26 bits per heavy atom. The molecule has 0 radical (unpaired) electrons. The first-order valence-electron chi connectivity index (χ1n) is 5.51. The molecule has 1 heterocycles. The maximum Gasteiger partial charge on any atom is 0.292 e. The van der Waals surface area contributed by atoms with Crippen molar-refractivity contribution in [2.24, 2.45) is 5.73 Å². The Morgan fingerprint density at radius 1 is 1.58 bits per heavy atom. The Morgan fingerprint density at radius 3 is 2.84 bits per heavy atom. The van der Waals surface area contributed by atoms with Crippen LogP contribution in [-0.2, 0) is 5.54 Å². The summed E-state index contributed by atoms with van der Waals surface area (Å²) in [5, 5.41) is 19.5. The van der Waals surface area contributed by atoms with Crippen molar-refractivity contribution >= 4 is 5.69 Å². The fourth-order valence-corrected chi connectivity index (χ4v) is 2.08. The first kappa shape index (κ1) is 13.6. The molecule has 3 N–H and O–H groups in total. The Hall–Kier alpha value is -1.80. The summed E-state index contributed by atoms with van der Waals surface area (Å²) < 4.78 is 32.8. The van der Waals surface area contributed by atoms with Crippen LogP contribution in [0.15, 0.2) is 18.2 Å². The number of aliphatic hydroxyl groups is 1. The smallest absolute Gasteiger partial charge is 0.292 e. The first-order chi connectivity index (χ1) is 8.82. The number of hydrogen-bond donors (Lipinski definition) is 2. The molecule has 1 aromatic carbocycles. The molecule has 0 aromatic heterocycles. The Bertz CT molecular complexity index is 523. The van der Waals surface area contributed by atoms with Crippen molar-refractivity contribution < 1.29 is 23.5 Å². The molecule has 1 aromatic rings. The van der Waals surface area contributed by atoms with Crippen LogP contribution in [0.4, 0.5) is 14.5 Å². The number of nitrogens with two attached hydrogens (primary N) is 1. The number of nitrogens with zero attached hydrogens (tertiary/aromatic N) is 1. The zero-order valence-corrected chi connectivity index (χ0v) is 9.81. The van der Waals surface area contributed by atoms with Gasteiger partial charge in [-0.05, 0) is 6.07 Å². The van der Waals surface area contributed by atoms with Gasteiger partial charge in [0, 0.05) is 24.1 Å². The number of hydrogen-bond acceptors (Lipinski definition) is 5. The van der Waals surface area contributed by atoms with E-state index in [4.69, 9.17) is 15.6 Å². The standard InChI is InChI=1S/C11H12F2N2O4/c12-11(13,6-16)10(14)3-4-19-9-2-1-7(15(17)18)5-8(9)10/h1-2,5,16H,3-4,6,14H2. The second-order valence-corrected chi connectivity index (χ2v) is 4.37. The third-order valence-corrected chi connectivity index (χ3v) is 3.26. The van der Waals surface area contributed by atoms with Crippen LogP contribution in [0.1, 0.15) is 12.0 Å². The average molecular weight is 274 g/mol. The molecule has 104 valence electrons. The van der Waals surface area contributed by atoms with Crippen molar-refractivity contribution in [3.05, 3.63) is 33.9 Å². The van der Waals surface area contributed by atoms with Gasteiger partial charge in [0.1, 0.15) is 17.9 Å². The monoisotopic (exact) mass is 274 g/mol. The van der Waals surface area contributed by atoms with Gasteiger partial charge in [0.25, 0.3) is 11.6 Å². The summed E-state index contributed by atoms with van der Waals surface area (Å²) in [5.74, 6) is -3.52. The predicted molar refractivity (Wildman–Crippen MR) is 61.1 cm³/mol. The zero-order chi connectivity index (χ0) is 14.3. The number of non-ortho nitro benzene ring substituents is 1. The van der Waals surface area contributed by atoms with E-state index in [2.05, 4.69) is 0 Å². The quantitative estimate of drug-likeness (QED) is 0.636. The molecule has 0 aliphatic carbocycles. The molecule has 1 aliphatic heterocycles. The van der Waals surface area contributed by atoms with Gasteiger partial charge in [-0.1, -0.05) is 0 Å². The molecule has 0 saturated heterocycles. The Kier molecular flexibility index (Phi) is 3.15. The molecule has 8 heteroatoms. The van der Waals surface area contributed by atoms with Gasteiger partial charge in [0.05, 0.1) is 11.5 Å². The highest BCUT2D eigenvalue weighted by Crippen LogP contribution is 2.45. The minimum absolute atomic E-state index is 0.0447. The summed E-state index contributed by atoms with van der Waals surface area (Å²) in [7, 11) is 0. The molecule has 6 nitrogen and oxygen atoms in total. The highest BCUT2D eigenvalue weighted by Gasteiger charge is 2.54. The van der Waals surface area contributed by atoms with Gasteiger partial charge < -0.3 is 15.6 Å². The van der Waals surface area contributed by atoms with Gasteiger partial charge in [0.15, 0.2) is 0 Å². The van der Waals surface area contributed by atoms with E-state index in [-0.39, 0.29) is 30.0 Å². The Balaban J connectivity index is 2.59. The molecule has 0 spiro atoms. The molecule has 1 atom stereocenters. The lowest BCUT2D eigenvalue weighted by atomic mass is 9.80. The third kappa shape index (κ3) is 2.02. The van der Waals surface area contributed by atoms with Gasteiger partial charge in [-0.25, -0.2) is 8.78 Å². The number of rotatable bonds is 3. The molecule has 2 rings (SSSR count). The number of nitro benzene ring substituents is 1. The van der Waals surface area contributed by atoms with Gasteiger partial charge in [-0.2, -0.15) is 0 Å². The topological polar surface area (TPSA) is 98.6 Å². The van der Waals surface area contributed by atoms with Crippen molar-refractivity contribution in [3.63, 3.8) is 0 Å². The number of aliphatic hydroxyl groups excluding tert-OH is 1. The van der Waals surface area contributed by atoms with E-state index in [0.29, 0.717) is 0 Å². The van der Waals surface area contributed by atoms with E-state index in [1.54, 1.807) is 0 Å². The molecule has 0 amide bonds. The molecule has 19 heavy (non-hydrogen) atoms. The number of fused-ring (bicyclic) bond motifs is 1. The lowest BCUT2D eigenvalue weighted by Crippen LogP contribution is -2.57. The summed E-state index contributed by atoms with van der Waals surface area (Å²) >= 11 is 0. The van der Waals surface area contributed by atoms with Crippen LogP contribution < -0.4 is 10.5 Å². The van der Waals surface area contributed by atoms with Crippen molar-refractivity contribution in [1.82, 2.24) is 0 Å². The SMILES string of the molecule is NC1(C(F)(F)CO)CCOc2ccc([N+](=O)[O-])cc21. The molecule has 0 fully saturated rings. The minimum atomic E-state index is -3.60. The summed E-state index contributed by atoms with van der Waals surface area (Å²) in [4.78, 5) is 10.0. The van der Waals surface area contributed by atoms with Crippen LogP contribution in [0, 0.1) is 10.1 Å². The first-order valence-corrected chi connectivity index (χ1v) is 5.51. The number of ether oxygens (including phenoxy) is 1. The second-order valence-electron chi connectivity index (χ2n) is 4.37. The van der Waals surface area contributed by atoms with Crippen LogP contribution in [0.25, 0.3) is 0 Å². The fourth-order valence-electron chi connectivity index (χ4n) is 2.08. The second kappa shape index (κ2) is 4.39. The molecular formula is C11H12F2N2O4. The van der Waals surface area contributed by atoms with Gasteiger partial charge in [-0.15, -0.1) is 0 Å². The Labute approximate surface area is 106 Å². The highest BCUT2D eigenvalue weighted by atomic mass is 19.3. The van der Waals surface area contributed by atoms with E-state index < -0.39 is 23.0 Å². The van der Waals surface area contributed by atoms with Crippen LogP contribution in [0.5, 0.6) is 5.75 Å². The van der Waals surface area contributed by atoms with Crippen molar-refractivity contribution in [2.45, 2.75) is 17.9 Å². The summed E-state index contributed by atoms with van der Waals surface area (Å²) in [6.07, 6.45) is -0.241. The maximum absolute atomic E-state index is 13.8. The van der Waals surface area contributed by atoms with Crippen LogP contribution in [0.3, 0.4) is 0 Å². The van der Waals surface area contributed by atoms with Crippen molar-refractivity contribution in [1.29, 1.82) is 0 Å². The minimum Gasteiger partial charge on any atom is -0.493 e. The summed E-state index contributed by atoms with van der Waals surface area (Å²) in [6, 6.07) is 3.36. The van der Waals surface area contributed by atoms with E-state index >= 15 is 0 Å². The van der Waals surface area contributed by atoms with Crippen LogP contribution >= 0.6 is 0 Å². The molecule has 1 aliphatic rings. The average Bonchev–Trinajstić information content (AvgIpc) is 2.38. The number of halogens is 2. The van der Waals surface area contributed by atoms with E-state index in [1.165, 1.54) is 6.07 Å². The third-order valence-electron chi connectivity index (χ3n) is 3.26. The van der Waals surface area contributed by atoms with Gasteiger partial charge >= 0.3 is 0 Å². The molecule has 1 unspecified atom stereocenters. The molecule has 0 saturated carbocycles. The maximum atomic E-state index is 13.8. The lowest BCUT2D eigenvalue weighted by Gasteiger charge is -2.40. The van der Waals surface area contributed by atoms with E-state index in [9.17, 15) is 18.9 Å².